The normalized spacial score (nSPS) is 13.7. The van der Waals surface area contributed by atoms with Gasteiger partial charge in [0.15, 0.2) is 5.01 Å². The number of thiazole rings is 1. The Labute approximate surface area is 136 Å². The van der Waals surface area contributed by atoms with Crippen molar-refractivity contribution in [3.05, 3.63) is 64.9 Å². The Hall–Kier alpha value is -2.31. The maximum absolute atomic E-state index is 13.0. The molecule has 0 aliphatic carbocycles. The Kier molecular flexibility index (Phi) is 4.11. The summed E-state index contributed by atoms with van der Waals surface area (Å²) in [7, 11) is 0. The van der Waals surface area contributed by atoms with Crippen LogP contribution in [0.1, 0.15) is 22.3 Å². The zero-order valence-electron chi connectivity index (χ0n) is 12.4. The van der Waals surface area contributed by atoms with Crippen LogP contribution < -0.4 is 5.32 Å². The fourth-order valence-electron chi connectivity index (χ4n) is 2.21. The zero-order chi connectivity index (χ0) is 16.4. The summed E-state index contributed by atoms with van der Waals surface area (Å²) in [6.45, 7) is 1.58. The Morgan fingerprint density at radius 1 is 1.26 bits per heavy atom. The molecule has 0 saturated heterocycles. The monoisotopic (exact) mass is 330 g/mol. The van der Waals surface area contributed by atoms with Crippen molar-refractivity contribution < 1.29 is 14.3 Å². The maximum atomic E-state index is 13.0. The van der Waals surface area contributed by atoms with E-state index in [1.807, 2.05) is 24.3 Å². The smallest absolute Gasteiger partial charge is 0.280 e. The summed E-state index contributed by atoms with van der Waals surface area (Å²) in [5.74, 6) is -0.711. The average molecular weight is 330 g/mol. The summed E-state index contributed by atoms with van der Waals surface area (Å²) < 4.78 is 13.9. The van der Waals surface area contributed by atoms with Gasteiger partial charge in [-0.05, 0) is 36.8 Å². The SMILES string of the molecule is CC(O)(CNC(=O)c1nc2ccccc2s1)c1ccc(F)cc1. The summed E-state index contributed by atoms with van der Waals surface area (Å²) in [4.78, 5) is 16.5. The van der Waals surface area contributed by atoms with Crippen molar-refractivity contribution in [2.45, 2.75) is 12.5 Å². The Morgan fingerprint density at radius 3 is 2.65 bits per heavy atom. The first kappa shape index (κ1) is 15.6. The van der Waals surface area contributed by atoms with Crippen molar-refractivity contribution in [2.24, 2.45) is 0 Å². The molecule has 4 nitrogen and oxygen atoms in total. The molecule has 1 aromatic heterocycles. The molecule has 1 atom stereocenters. The molecule has 0 saturated carbocycles. The highest BCUT2D eigenvalue weighted by Gasteiger charge is 2.24. The quantitative estimate of drug-likeness (QED) is 0.773. The number of para-hydroxylation sites is 1. The molecule has 3 rings (SSSR count). The topological polar surface area (TPSA) is 62.2 Å². The molecule has 3 aromatic rings. The molecule has 1 unspecified atom stereocenters. The van der Waals surface area contributed by atoms with Gasteiger partial charge in [0.25, 0.3) is 5.91 Å². The molecule has 0 aliphatic heterocycles. The molecule has 6 heteroatoms. The van der Waals surface area contributed by atoms with Gasteiger partial charge in [0, 0.05) is 0 Å². The molecule has 23 heavy (non-hydrogen) atoms. The average Bonchev–Trinajstić information content (AvgIpc) is 2.97. The van der Waals surface area contributed by atoms with Gasteiger partial charge in [-0.3, -0.25) is 4.79 Å². The molecule has 1 amide bonds. The number of rotatable bonds is 4. The second-order valence-corrected chi connectivity index (χ2v) is 6.48. The van der Waals surface area contributed by atoms with E-state index in [9.17, 15) is 14.3 Å². The first-order valence-corrected chi connectivity index (χ1v) is 7.89. The van der Waals surface area contributed by atoms with E-state index >= 15 is 0 Å². The largest absolute Gasteiger partial charge is 0.384 e. The molecule has 0 spiro atoms. The molecule has 0 fully saturated rings. The number of carbonyl (C=O) groups is 1. The van der Waals surface area contributed by atoms with Crippen LogP contribution in [0.15, 0.2) is 48.5 Å². The highest BCUT2D eigenvalue weighted by molar-refractivity contribution is 7.20. The molecule has 0 aliphatic rings. The van der Waals surface area contributed by atoms with Gasteiger partial charge in [-0.25, -0.2) is 9.37 Å². The van der Waals surface area contributed by atoms with Crippen molar-refractivity contribution >= 4 is 27.5 Å². The van der Waals surface area contributed by atoms with Crippen LogP contribution in [0.5, 0.6) is 0 Å². The van der Waals surface area contributed by atoms with Gasteiger partial charge < -0.3 is 10.4 Å². The predicted octanol–water partition coefficient (Wildman–Crippen LogP) is 3.07. The molecule has 2 aromatic carbocycles. The highest BCUT2D eigenvalue weighted by atomic mass is 32.1. The van der Waals surface area contributed by atoms with Crippen molar-refractivity contribution in [3.8, 4) is 0 Å². The van der Waals surface area contributed by atoms with E-state index in [0.717, 1.165) is 10.2 Å². The third kappa shape index (κ3) is 3.38. The lowest BCUT2D eigenvalue weighted by atomic mass is 9.96. The van der Waals surface area contributed by atoms with Crippen LogP contribution in [-0.2, 0) is 5.60 Å². The number of nitrogens with zero attached hydrogens (tertiary/aromatic N) is 1. The van der Waals surface area contributed by atoms with Crippen LogP contribution in [0.3, 0.4) is 0 Å². The van der Waals surface area contributed by atoms with Crippen LogP contribution in [0.25, 0.3) is 10.2 Å². The van der Waals surface area contributed by atoms with Crippen molar-refractivity contribution in [1.29, 1.82) is 0 Å². The Morgan fingerprint density at radius 2 is 1.96 bits per heavy atom. The van der Waals surface area contributed by atoms with E-state index < -0.39 is 5.60 Å². The Bertz CT molecular complexity index is 810. The van der Waals surface area contributed by atoms with Gasteiger partial charge >= 0.3 is 0 Å². The number of carbonyl (C=O) groups excluding carboxylic acids is 1. The van der Waals surface area contributed by atoms with Gasteiger partial charge in [-0.1, -0.05) is 24.3 Å². The third-order valence-corrected chi connectivity index (χ3v) is 4.58. The van der Waals surface area contributed by atoms with Gasteiger partial charge in [-0.2, -0.15) is 0 Å². The summed E-state index contributed by atoms with van der Waals surface area (Å²) in [5.41, 5.74) is 0.0106. The maximum Gasteiger partial charge on any atom is 0.280 e. The van der Waals surface area contributed by atoms with Gasteiger partial charge in [0.05, 0.1) is 16.8 Å². The lowest BCUT2D eigenvalue weighted by Crippen LogP contribution is -2.38. The molecular weight excluding hydrogens is 315 g/mol. The van der Waals surface area contributed by atoms with E-state index in [-0.39, 0.29) is 18.3 Å². The van der Waals surface area contributed by atoms with Crippen LogP contribution in [0, 0.1) is 5.82 Å². The summed E-state index contributed by atoms with van der Waals surface area (Å²) in [5, 5.41) is 13.5. The number of aromatic nitrogens is 1. The zero-order valence-corrected chi connectivity index (χ0v) is 13.2. The molecule has 2 N–H and O–H groups in total. The number of hydrogen-bond acceptors (Lipinski definition) is 4. The van der Waals surface area contributed by atoms with Crippen LogP contribution in [0.2, 0.25) is 0 Å². The van der Waals surface area contributed by atoms with E-state index in [0.29, 0.717) is 10.6 Å². The summed E-state index contributed by atoms with van der Waals surface area (Å²) in [6, 6.07) is 13.1. The number of amides is 1. The fourth-order valence-corrected chi connectivity index (χ4v) is 3.09. The molecule has 0 bridgehead atoms. The van der Waals surface area contributed by atoms with E-state index in [4.69, 9.17) is 0 Å². The predicted molar refractivity (Wildman–Crippen MR) is 87.9 cm³/mol. The lowest BCUT2D eigenvalue weighted by Gasteiger charge is -2.24. The number of nitrogens with one attached hydrogen (secondary N) is 1. The van der Waals surface area contributed by atoms with Crippen molar-refractivity contribution in [2.75, 3.05) is 6.54 Å². The van der Waals surface area contributed by atoms with Crippen molar-refractivity contribution in [3.63, 3.8) is 0 Å². The molecule has 0 radical (unpaired) electrons. The third-order valence-electron chi connectivity index (χ3n) is 3.55. The lowest BCUT2D eigenvalue weighted by molar-refractivity contribution is 0.0526. The number of halogens is 1. The Balaban J connectivity index is 1.71. The van der Waals surface area contributed by atoms with E-state index in [1.54, 1.807) is 6.92 Å². The molecule has 1 heterocycles. The number of hydrogen-bond donors (Lipinski definition) is 2. The number of aliphatic hydroxyl groups is 1. The van der Waals surface area contributed by atoms with Crippen LogP contribution >= 0.6 is 11.3 Å². The van der Waals surface area contributed by atoms with Crippen LogP contribution in [-0.4, -0.2) is 22.5 Å². The molecular formula is C17H15FN2O2S. The molecule has 118 valence electrons. The summed E-state index contributed by atoms with van der Waals surface area (Å²) in [6.07, 6.45) is 0. The fraction of sp³-hybridized carbons (Fsp3) is 0.176. The first-order chi connectivity index (χ1) is 11.0. The number of fused-ring (bicyclic) bond motifs is 1. The number of benzene rings is 2. The van der Waals surface area contributed by atoms with Gasteiger partial charge in [0.1, 0.15) is 11.4 Å². The van der Waals surface area contributed by atoms with E-state index in [1.165, 1.54) is 35.6 Å². The standard InChI is InChI=1S/C17H15FN2O2S/c1-17(22,11-6-8-12(18)9-7-11)10-19-15(21)16-20-13-4-2-3-5-14(13)23-16/h2-9,22H,10H2,1H3,(H,19,21). The van der Waals surface area contributed by atoms with E-state index in [2.05, 4.69) is 10.3 Å². The van der Waals surface area contributed by atoms with Gasteiger partial charge in [-0.15, -0.1) is 11.3 Å². The van der Waals surface area contributed by atoms with Crippen molar-refractivity contribution in [1.82, 2.24) is 10.3 Å². The second kappa shape index (κ2) is 6.06. The minimum Gasteiger partial charge on any atom is -0.384 e. The summed E-state index contributed by atoms with van der Waals surface area (Å²) >= 11 is 1.30. The first-order valence-electron chi connectivity index (χ1n) is 7.08. The minimum absolute atomic E-state index is 0.00733. The van der Waals surface area contributed by atoms with Crippen LogP contribution in [0.4, 0.5) is 4.39 Å². The second-order valence-electron chi connectivity index (χ2n) is 5.45. The highest BCUT2D eigenvalue weighted by Crippen LogP contribution is 2.23. The minimum atomic E-state index is -1.29. The van der Waals surface area contributed by atoms with Gasteiger partial charge in [0.2, 0.25) is 0 Å².